The van der Waals surface area contributed by atoms with Crippen molar-refractivity contribution in [2.45, 2.75) is 33.6 Å². The molecule has 1 aromatic rings. The van der Waals surface area contributed by atoms with Gasteiger partial charge in [-0.25, -0.2) is 0 Å². The average Bonchev–Trinajstić information content (AvgIpc) is 2.42. The van der Waals surface area contributed by atoms with Crippen molar-refractivity contribution >= 4 is 5.97 Å². The molecule has 0 unspecified atom stereocenters. The highest BCUT2D eigenvalue weighted by Crippen LogP contribution is 2.04. The molecular weight excluding hydrogens is 248 g/mol. The van der Waals surface area contributed by atoms with Crippen molar-refractivity contribution in [3.05, 3.63) is 59.7 Å². The smallest absolute Gasteiger partial charge is 0.310 e. The highest BCUT2D eigenvalue weighted by atomic mass is 16.5. The first kappa shape index (κ1) is 16.2. The third-order valence-electron chi connectivity index (χ3n) is 2.78. The Morgan fingerprint density at radius 1 is 1.25 bits per heavy atom. The molecule has 20 heavy (non-hydrogen) atoms. The molecule has 0 aliphatic heterocycles. The first-order valence-electron chi connectivity index (χ1n) is 7.12. The number of ether oxygens (including phenoxy) is 1. The predicted molar refractivity (Wildman–Crippen MR) is 83.5 cm³/mol. The lowest BCUT2D eigenvalue weighted by atomic mass is 10.1. The fourth-order valence-electron chi connectivity index (χ4n) is 1.69. The van der Waals surface area contributed by atoms with Gasteiger partial charge in [0, 0.05) is 6.42 Å². The molecular formula is C18H24O2. The van der Waals surface area contributed by atoms with Gasteiger partial charge in [-0.3, -0.25) is 4.79 Å². The number of benzene rings is 1. The molecule has 2 heteroatoms. The van der Waals surface area contributed by atoms with Crippen molar-refractivity contribution in [3.63, 3.8) is 0 Å². The van der Waals surface area contributed by atoms with Gasteiger partial charge >= 0.3 is 5.97 Å². The maximum Gasteiger partial charge on any atom is 0.310 e. The van der Waals surface area contributed by atoms with Crippen molar-refractivity contribution in [2.75, 3.05) is 6.61 Å². The van der Waals surface area contributed by atoms with Gasteiger partial charge in [0.2, 0.25) is 0 Å². The van der Waals surface area contributed by atoms with Gasteiger partial charge < -0.3 is 4.74 Å². The summed E-state index contributed by atoms with van der Waals surface area (Å²) in [6.45, 7) is 6.80. The summed E-state index contributed by atoms with van der Waals surface area (Å²) in [5, 5.41) is 0. The Labute approximate surface area is 122 Å². The fourth-order valence-corrected chi connectivity index (χ4v) is 1.69. The Morgan fingerprint density at radius 2 is 1.95 bits per heavy atom. The Kier molecular flexibility index (Phi) is 7.41. The summed E-state index contributed by atoms with van der Waals surface area (Å²) in [7, 11) is 0. The third kappa shape index (κ3) is 7.57. The zero-order chi connectivity index (χ0) is 14.8. The number of rotatable bonds is 7. The van der Waals surface area contributed by atoms with Crippen LogP contribution in [-0.4, -0.2) is 12.6 Å². The van der Waals surface area contributed by atoms with Gasteiger partial charge in [-0.2, -0.15) is 0 Å². The lowest BCUT2D eigenvalue weighted by Crippen LogP contribution is -2.08. The Morgan fingerprint density at radius 3 is 2.60 bits per heavy atom. The van der Waals surface area contributed by atoms with Gasteiger partial charge in [0.25, 0.3) is 0 Å². The van der Waals surface area contributed by atoms with Crippen LogP contribution < -0.4 is 0 Å². The summed E-state index contributed by atoms with van der Waals surface area (Å²) in [4.78, 5) is 11.6. The lowest BCUT2D eigenvalue weighted by Gasteiger charge is -2.03. The van der Waals surface area contributed by atoms with E-state index in [1.165, 1.54) is 5.57 Å². The molecule has 0 aliphatic rings. The molecule has 0 radical (unpaired) electrons. The van der Waals surface area contributed by atoms with Crippen LogP contribution in [0.25, 0.3) is 0 Å². The molecule has 2 nitrogen and oxygen atoms in total. The van der Waals surface area contributed by atoms with Crippen LogP contribution in [0.2, 0.25) is 0 Å². The second kappa shape index (κ2) is 9.13. The van der Waals surface area contributed by atoms with Crippen molar-refractivity contribution < 1.29 is 9.53 Å². The summed E-state index contributed by atoms with van der Waals surface area (Å²) < 4.78 is 5.21. The van der Waals surface area contributed by atoms with E-state index in [1.54, 1.807) is 0 Å². The first-order valence-corrected chi connectivity index (χ1v) is 7.12. The van der Waals surface area contributed by atoms with Crippen LogP contribution in [0.4, 0.5) is 0 Å². The molecule has 0 amide bonds. The van der Waals surface area contributed by atoms with Gasteiger partial charge in [0.15, 0.2) is 0 Å². The second-order valence-electron chi connectivity index (χ2n) is 5.22. The standard InChI is InChI=1S/C18H24O2/c1-15(2)11-12-16(3)8-7-13-20-18(19)14-17-9-5-4-6-10-17/h4-6,8-12,15H,7,13-14H2,1-3H3/b12-11+,16-8+. The van der Waals surface area contributed by atoms with Crippen LogP contribution in [0.5, 0.6) is 0 Å². The van der Waals surface area contributed by atoms with E-state index in [9.17, 15) is 4.79 Å². The summed E-state index contributed by atoms with van der Waals surface area (Å²) in [5.74, 6) is 0.391. The Balaban J connectivity index is 2.24. The highest BCUT2D eigenvalue weighted by Gasteiger charge is 2.03. The molecule has 0 N–H and O–H groups in total. The predicted octanol–water partition coefficient (Wildman–Crippen LogP) is 4.32. The topological polar surface area (TPSA) is 26.3 Å². The minimum atomic E-state index is -0.167. The van der Waals surface area contributed by atoms with Crippen LogP contribution in [0.1, 0.15) is 32.8 Å². The molecule has 0 fully saturated rings. The van der Waals surface area contributed by atoms with E-state index in [0.29, 0.717) is 18.9 Å². The molecule has 0 aliphatic carbocycles. The van der Waals surface area contributed by atoms with Gasteiger partial charge in [-0.05, 0) is 18.4 Å². The number of carbonyl (C=O) groups excluding carboxylic acids is 1. The molecule has 1 rings (SSSR count). The molecule has 1 aromatic carbocycles. The second-order valence-corrected chi connectivity index (χ2v) is 5.22. The minimum Gasteiger partial charge on any atom is -0.465 e. The highest BCUT2D eigenvalue weighted by molar-refractivity contribution is 5.72. The van der Waals surface area contributed by atoms with Crippen LogP contribution in [0.3, 0.4) is 0 Å². The molecule has 0 bridgehead atoms. The van der Waals surface area contributed by atoms with Crippen molar-refractivity contribution in [2.24, 2.45) is 5.92 Å². The van der Waals surface area contributed by atoms with Crippen molar-refractivity contribution in [1.82, 2.24) is 0 Å². The van der Waals surface area contributed by atoms with Crippen molar-refractivity contribution in [1.29, 1.82) is 0 Å². The lowest BCUT2D eigenvalue weighted by molar-refractivity contribution is -0.142. The van der Waals surface area contributed by atoms with Gasteiger partial charge in [0.1, 0.15) is 0 Å². The van der Waals surface area contributed by atoms with Crippen LogP contribution in [-0.2, 0) is 16.0 Å². The minimum absolute atomic E-state index is 0.167. The molecule has 108 valence electrons. The van der Waals surface area contributed by atoms with E-state index in [1.807, 2.05) is 30.3 Å². The van der Waals surface area contributed by atoms with E-state index in [-0.39, 0.29) is 5.97 Å². The molecule has 0 heterocycles. The first-order chi connectivity index (χ1) is 9.58. The monoisotopic (exact) mass is 272 g/mol. The quantitative estimate of drug-likeness (QED) is 0.420. The van der Waals surface area contributed by atoms with Gasteiger partial charge in [-0.15, -0.1) is 0 Å². The zero-order valence-corrected chi connectivity index (χ0v) is 12.6. The van der Waals surface area contributed by atoms with E-state index >= 15 is 0 Å². The van der Waals surface area contributed by atoms with Crippen LogP contribution >= 0.6 is 0 Å². The molecule has 0 spiro atoms. The number of carbonyl (C=O) groups is 1. The van der Waals surface area contributed by atoms with Gasteiger partial charge in [0.05, 0.1) is 13.0 Å². The Hall–Kier alpha value is -1.83. The van der Waals surface area contributed by atoms with E-state index in [4.69, 9.17) is 4.74 Å². The SMILES string of the molecule is CC(/C=C/C(C)C)=C\CCOC(=O)Cc1ccccc1. The normalized spacial score (nSPS) is 12.1. The van der Waals surface area contributed by atoms with Crippen molar-refractivity contribution in [3.8, 4) is 0 Å². The van der Waals surface area contributed by atoms with E-state index in [2.05, 4.69) is 39.0 Å². The number of hydrogen-bond acceptors (Lipinski definition) is 2. The number of esters is 1. The number of allylic oxidation sites excluding steroid dienone is 3. The van der Waals surface area contributed by atoms with E-state index < -0.39 is 0 Å². The average molecular weight is 272 g/mol. The maximum atomic E-state index is 11.6. The van der Waals surface area contributed by atoms with Gasteiger partial charge in [-0.1, -0.05) is 68.0 Å². The summed E-state index contributed by atoms with van der Waals surface area (Å²) in [5.41, 5.74) is 2.20. The maximum absolute atomic E-state index is 11.6. The Bertz CT molecular complexity index is 456. The van der Waals surface area contributed by atoms with E-state index in [0.717, 1.165) is 12.0 Å². The number of hydrogen-bond donors (Lipinski definition) is 0. The summed E-state index contributed by atoms with van der Waals surface area (Å²) in [6.07, 6.45) is 7.46. The molecule has 0 aromatic heterocycles. The molecule has 0 saturated heterocycles. The third-order valence-corrected chi connectivity index (χ3v) is 2.78. The summed E-state index contributed by atoms with van der Waals surface area (Å²) >= 11 is 0. The zero-order valence-electron chi connectivity index (χ0n) is 12.6. The van der Waals surface area contributed by atoms with Crippen LogP contribution in [0.15, 0.2) is 54.1 Å². The largest absolute Gasteiger partial charge is 0.465 e. The molecule has 0 atom stereocenters. The fraction of sp³-hybridized carbons (Fsp3) is 0.389. The molecule has 0 saturated carbocycles. The van der Waals surface area contributed by atoms with Crippen LogP contribution in [0, 0.1) is 5.92 Å². The summed E-state index contributed by atoms with van der Waals surface area (Å²) in [6, 6.07) is 9.66.